The molecular formula is C19H17NO6. The van der Waals surface area contributed by atoms with E-state index in [1.165, 1.54) is 12.5 Å². The molecule has 0 unspecified atom stereocenters. The maximum absolute atomic E-state index is 11.6. The maximum atomic E-state index is 11.6. The molecule has 0 amide bonds. The molecule has 0 fully saturated rings. The quantitative estimate of drug-likeness (QED) is 0.437. The summed E-state index contributed by atoms with van der Waals surface area (Å²) in [4.78, 5) is 11.2. The van der Waals surface area contributed by atoms with Gasteiger partial charge in [0, 0.05) is 0 Å². The summed E-state index contributed by atoms with van der Waals surface area (Å²) in [6, 6.07) is 10.4. The number of hydrogen-bond donors (Lipinski definition) is 0. The zero-order valence-electron chi connectivity index (χ0n) is 14.2. The van der Waals surface area contributed by atoms with Crippen LogP contribution >= 0.6 is 0 Å². The van der Waals surface area contributed by atoms with Crippen molar-refractivity contribution in [3.05, 3.63) is 75.7 Å². The number of nitrogens with zero attached hydrogens (tertiary/aromatic N) is 1. The van der Waals surface area contributed by atoms with Crippen LogP contribution < -0.4 is 9.47 Å². The summed E-state index contributed by atoms with van der Waals surface area (Å²) >= 11 is 0. The molecule has 3 rings (SSSR count). The fourth-order valence-electron chi connectivity index (χ4n) is 2.64. The number of methoxy groups -OCH3 is 2. The average Bonchev–Trinajstić information content (AvgIpc) is 3.20. The predicted octanol–water partition coefficient (Wildman–Crippen LogP) is 4.30. The van der Waals surface area contributed by atoms with E-state index < -0.39 is 11.2 Å². The van der Waals surface area contributed by atoms with Crippen molar-refractivity contribution in [1.29, 1.82) is 0 Å². The molecule has 0 atom stereocenters. The van der Waals surface area contributed by atoms with Gasteiger partial charge in [0.05, 0.1) is 24.7 Å². The van der Waals surface area contributed by atoms with Crippen LogP contribution in [0.4, 0.5) is 5.69 Å². The molecule has 2 aromatic rings. The molecule has 26 heavy (non-hydrogen) atoms. The van der Waals surface area contributed by atoms with Crippen molar-refractivity contribution >= 4 is 17.8 Å². The predicted molar refractivity (Wildman–Crippen MR) is 95.6 cm³/mol. The highest BCUT2D eigenvalue weighted by molar-refractivity contribution is 5.76. The van der Waals surface area contributed by atoms with Gasteiger partial charge in [0.2, 0.25) is 0 Å². The van der Waals surface area contributed by atoms with Gasteiger partial charge in [-0.05, 0) is 35.9 Å². The van der Waals surface area contributed by atoms with Crippen LogP contribution in [0, 0.1) is 10.1 Å². The van der Waals surface area contributed by atoms with Crippen LogP contribution in [-0.2, 0) is 9.47 Å². The Bertz CT molecular complexity index is 866. The molecule has 0 aromatic heterocycles. The van der Waals surface area contributed by atoms with Crippen molar-refractivity contribution in [2.24, 2.45) is 0 Å². The van der Waals surface area contributed by atoms with Gasteiger partial charge in [0.1, 0.15) is 18.1 Å². The fourth-order valence-corrected chi connectivity index (χ4v) is 2.64. The van der Waals surface area contributed by atoms with Crippen molar-refractivity contribution in [2.75, 3.05) is 14.2 Å². The van der Waals surface area contributed by atoms with Gasteiger partial charge in [-0.3, -0.25) is 10.1 Å². The highest BCUT2D eigenvalue weighted by Gasteiger charge is 2.27. The van der Waals surface area contributed by atoms with E-state index in [0.717, 1.165) is 5.56 Å². The lowest BCUT2D eigenvalue weighted by molar-refractivity contribution is -0.386. The molecule has 134 valence electrons. The van der Waals surface area contributed by atoms with Crippen molar-refractivity contribution in [3.8, 4) is 11.5 Å². The molecule has 0 saturated carbocycles. The van der Waals surface area contributed by atoms with Gasteiger partial charge in [-0.2, -0.15) is 0 Å². The molecule has 0 saturated heterocycles. The van der Waals surface area contributed by atoms with E-state index in [0.29, 0.717) is 22.6 Å². The second-order valence-electron chi connectivity index (χ2n) is 5.37. The largest absolute Gasteiger partial charge is 0.493 e. The average molecular weight is 355 g/mol. The molecule has 7 nitrogen and oxygen atoms in total. The number of hydrogen-bond acceptors (Lipinski definition) is 6. The van der Waals surface area contributed by atoms with E-state index in [2.05, 4.69) is 0 Å². The first-order chi connectivity index (χ1) is 12.6. The van der Waals surface area contributed by atoms with Crippen LogP contribution in [0.2, 0.25) is 0 Å². The van der Waals surface area contributed by atoms with Gasteiger partial charge in [-0.1, -0.05) is 18.2 Å². The van der Waals surface area contributed by atoms with Crippen LogP contribution in [0.25, 0.3) is 12.2 Å². The van der Waals surface area contributed by atoms with Crippen LogP contribution in [-0.4, -0.2) is 19.1 Å². The first-order valence-corrected chi connectivity index (χ1v) is 7.77. The number of para-hydroxylation sites is 1. The van der Waals surface area contributed by atoms with Crippen LogP contribution in [0.3, 0.4) is 0 Å². The Morgan fingerprint density at radius 1 is 1.04 bits per heavy atom. The normalized spacial score (nSPS) is 13.5. The topological polar surface area (TPSA) is 80.1 Å². The summed E-state index contributed by atoms with van der Waals surface area (Å²) in [7, 11) is 3.11. The van der Waals surface area contributed by atoms with E-state index in [9.17, 15) is 10.1 Å². The summed E-state index contributed by atoms with van der Waals surface area (Å²) in [5.41, 5.74) is 1.56. The maximum Gasteiger partial charge on any atom is 0.287 e. The molecule has 0 spiro atoms. The number of ether oxygens (including phenoxy) is 4. The fraction of sp³-hybridized carbons (Fsp3) is 0.158. The van der Waals surface area contributed by atoms with Gasteiger partial charge >= 0.3 is 0 Å². The van der Waals surface area contributed by atoms with Crippen LogP contribution in [0.15, 0.2) is 48.9 Å². The summed E-state index contributed by atoms with van der Waals surface area (Å²) in [6.07, 6.45) is 5.35. The molecular weight excluding hydrogens is 338 g/mol. The Balaban J connectivity index is 1.95. The van der Waals surface area contributed by atoms with Crippen molar-refractivity contribution < 1.29 is 23.9 Å². The van der Waals surface area contributed by atoms with Gasteiger partial charge in [0.25, 0.3) is 12.0 Å². The Labute approximate surface area is 150 Å². The van der Waals surface area contributed by atoms with Gasteiger partial charge in [-0.15, -0.1) is 0 Å². The molecule has 1 aliphatic rings. The van der Waals surface area contributed by atoms with E-state index in [-0.39, 0.29) is 5.69 Å². The van der Waals surface area contributed by atoms with Crippen LogP contribution in [0.5, 0.6) is 11.5 Å². The third-order valence-electron chi connectivity index (χ3n) is 3.86. The summed E-state index contributed by atoms with van der Waals surface area (Å²) in [6.45, 7) is 0. The smallest absolute Gasteiger partial charge is 0.287 e. The van der Waals surface area contributed by atoms with E-state index >= 15 is 0 Å². The summed E-state index contributed by atoms with van der Waals surface area (Å²) in [5, 5.41) is 11.6. The summed E-state index contributed by atoms with van der Waals surface area (Å²) < 4.78 is 21.0. The van der Waals surface area contributed by atoms with Crippen LogP contribution in [0.1, 0.15) is 23.0 Å². The first kappa shape index (κ1) is 17.3. The zero-order valence-corrected chi connectivity index (χ0v) is 14.2. The Hall–Kier alpha value is -3.48. The molecule has 2 aromatic carbocycles. The van der Waals surface area contributed by atoms with E-state index in [1.54, 1.807) is 56.7 Å². The molecule has 1 heterocycles. The monoisotopic (exact) mass is 355 g/mol. The highest BCUT2D eigenvalue weighted by atomic mass is 16.7. The second-order valence-corrected chi connectivity index (χ2v) is 5.37. The Morgan fingerprint density at radius 3 is 2.42 bits per heavy atom. The lowest BCUT2D eigenvalue weighted by Gasteiger charge is -2.12. The molecule has 0 aliphatic carbocycles. The number of rotatable bonds is 6. The van der Waals surface area contributed by atoms with Crippen molar-refractivity contribution in [3.63, 3.8) is 0 Å². The molecule has 1 aliphatic heterocycles. The van der Waals surface area contributed by atoms with E-state index in [1.807, 2.05) is 6.07 Å². The Kier molecular flexibility index (Phi) is 5.07. The second kappa shape index (κ2) is 7.60. The summed E-state index contributed by atoms with van der Waals surface area (Å²) in [5.74, 6) is 1.19. The molecule has 0 N–H and O–H groups in total. The third-order valence-corrected chi connectivity index (χ3v) is 3.86. The molecule has 7 heteroatoms. The lowest BCUT2D eigenvalue weighted by Crippen LogP contribution is -2.04. The zero-order chi connectivity index (χ0) is 18.5. The van der Waals surface area contributed by atoms with Crippen molar-refractivity contribution in [2.45, 2.75) is 6.29 Å². The first-order valence-electron chi connectivity index (χ1n) is 7.77. The number of nitro groups is 1. The third kappa shape index (κ3) is 3.46. The Morgan fingerprint density at radius 2 is 1.77 bits per heavy atom. The van der Waals surface area contributed by atoms with Gasteiger partial charge in [-0.25, -0.2) is 0 Å². The molecule has 0 radical (unpaired) electrons. The van der Waals surface area contributed by atoms with Gasteiger partial charge < -0.3 is 18.9 Å². The number of nitro benzene ring substituents is 1. The lowest BCUT2D eigenvalue weighted by atomic mass is 10.0. The standard InChI is InChI=1S/C19H17NO6/c1-23-16-9-7-13(12-17(16)24-2)6-8-14-4-3-5-15(18(14)20(21)22)19-25-10-11-26-19/h3-12,19H,1-2H3. The minimum Gasteiger partial charge on any atom is -0.493 e. The minimum atomic E-state index is -0.815. The van der Waals surface area contributed by atoms with Crippen molar-refractivity contribution in [1.82, 2.24) is 0 Å². The SMILES string of the molecule is COc1ccc(C=Cc2cccc(C3OC=CO3)c2[N+](=O)[O-])cc1OC. The molecule has 0 bridgehead atoms. The van der Waals surface area contributed by atoms with E-state index in [4.69, 9.17) is 18.9 Å². The number of benzene rings is 2. The highest BCUT2D eigenvalue weighted by Crippen LogP contribution is 2.35. The van der Waals surface area contributed by atoms with Gasteiger partial charge in [0.15, 0.2) is 11.5 Å². The minimum absolute atomic E-state index is 0.0575.